The lowest BCUT2D eigenvalue weighted by Gasteiger charge is -2.34. The van der Waals surface area contributed by atoms with Gasteiger partial charge in [0, 0.05) is 18.8 Å². The largest absolute Gasteiger partial charge is 0.416 e. The molecule has 1 unspecified atom stereocenters. The topological polar surface area (TPSA) is 56.1 Å². The number of alkyl halides is 3. The summed E-state index contributed by atoms with van der Waals surface area (Å²) in [4.78, 5) is 11.0. The zero-order chi connectivity index (χ0) is 20.6. The van der Waals surface area contributed by atoms with Crippen LogP contribution in [0.2, 0.25) is 0 Å². The monoisotopic (exact) mass is 403 g/mol. The molecule has 4 rings (SSSR count). The van der Waals surface area contributed by atoms with Crippen LogP contribution in [0.1, 0.15) is 28.6 Å². The minimum absolute atomic E-state index is 0.342. The van der Waals surface area contributed by atoms with Gasteiger partial charge in [0.05, 0.1) is 30.3 Å². The Bertz CT molecular complexity index is 1000. The Hall–Kier alpha value is -2.94. The van der Waals surface area contributed by atoms with Crippen LogP contribution in [-0.2, 0) is 10.9 Å². The highest BCUT2D eigenvalue weighted by Gasteiger charge is 2.31. The Labute approximate surface area is 166 Å². The smallest absolute Gasteiger partial charge is 0.370 e. The Morgan fingerprint density at radius 1 is 1.07 bits per heavy atom. The SMILES string of the molecule is Cc1cc(C)n(-c2cncc(N3CCOC(c4ccc(C(F)(F)F)cc4)C3)n2)n1. The molecule has 0 radical (unpaired) electrons. The van der Waals surface area contributed by atoms with E-state index in [2.05, 4.69) is 15.1 Å². The van der Waals surface area contributed by atoms with Crippen molar-refractivity contribution in [3.05, 3.63) is 65.2 Å². The third-order valence-electron chi connectivity index (χ3n) is 4.84. The third kappa shape index (κ3) is 4.09. The highest BCUT2D eigenvalue weighted by molar-refractivity contribution is 5.41. The number of halogens is 3. The molecule has 6 nitrogen and oxygen atoms in total. The first kappa shape index (κ1) is 19.4. The van der Waals surface area contributed by atoms with E-state index in [9.17, 15) is 13.2 Å². The van der Waals surface area contributed by atoms with Crippen LogP contribution in [0.25, 0.3) is 5.82 Å². The van der Waals surface area contributed by atoms with Crippen LogP contribution < -0.4 is 4.90 Å². The van der Waals surface area contributed by atoms with Crippen LogP contribution in [0, 0.1) is 13.8 Å². The lowest BCUT2D eigenvalue weighted by atomic mass is 10.1. The van der Waals surface area contributed by atoms with Crippen LogP contribution in [0.3, 0.4) is 0 Å². The average Bonchev–Trinajstić information content (AvgIpc) is 3.06. The fourth-order valence-electron chi connectivity index (χ4n) is 3.41. The quantitative estimate of drug-likeness (QED) is 0.665. The molecule has 1 fully saturated rings. The number of ether oxygens (including phenoxy) is 1. The van der Waals surface area contributed by atoms with E-state index in [4.69, 9.17) is 4.74 Å². The second kappa shape index (κ2) is 7.47. The van der Waals surface area contributed by atoms with Crippen molar-refractivity contribution in [2.45, 2.75) is 26.1 Å². The summed E-state index contributed by atoms with van der Waals surface area (Å²) in [5, 5.41) is 4.44. The lowest BCUT2D eigenvalue weighted by Crippen LogP contribution is -2.39. The van der Waals surface area contributed by atoms with Gasteiger partial charge in [0.1, 0.15) is 11.9 Å². The van der Waals surface area contributed by atoms with Crippen molar-refractivity contribution in [1.29, 1.82) is 0 Å². The van der Waals surface area contributed by atoms with Crippen LogP contribution >= 0.6 is 0 Å². The summed E-state index contributed by atoms with van der Waals surface area (Å²) < 4.78 is 45.9. The predicted molar refractivity (Wildman–Crippen MR) is 101 cm³/mol. The van der Waals surface area contributed by atoms with Gasteiger partial charge in [0.25, 0.3) is 0 Å². The van der Waals surface area contributed by atoms with Crippen LogP contribution in [0.5, 0.6) is 0 Å². The lowest BCUT2D eigenvalue weighted by molar-refractivity contribution is -0.137. The van der Waals surface area contributed by atoms with Crippen molar-refractivity contribution in [2.24, 2.45) is 0 Å². The summed E-state index contributed by atoms with van der Waals surface area (Å²) in [7, 11) is 0. The molecule has 0 saturated carbocycles. The molecule has 1 atom stereocenters. The third-order valence-corrected chi connectivity index (χ3v) is 4.84. The molecule has 0 N–H and O–H groups in total. The molecular weight excluding hydrogens is 383 g/mol. The van der Waals surface area contributed by atoms with Gasteiger partial charge in [-0.15, -0.1) is 0 Å². The van der Waals surface area contributed by atoms with Crippen molar-refractivity contribution in [2.75, 3.05) is 24.6 Å². The van der Waals surface area contributed by atoms with Gasteiger partial charge >= 0.3 is 6.18 Å². The molecule has 2 aromatic heterocycles. The molecule has 0 aliphatic carbocycles. The fraction of sp³-hybridized carbons (Fsp3) is 0.350. The van der Waals surface area contributed by atoms with E-state index >= 15 is 0 Å². The maximum Gasteiger partial charge on any atom is 0.416 e. The Kier molecular flexibility index (Phi) is 4.99. The molecule has 9 heteroatoms. The van der Waals surface area contributed by atoms with Gasteiger partial charge in [0.15, 0.2) is 5.82 Å². The Morgan fingerprint density at radius 2 is 1.79 bits per heavy atom. The number of aryl methyl sites for hydroxylation is 2. The van der Waals surface area contributed by atoms with E-state index in [0.29, 0.717) is 36.9 Å². The van der Waals surface area contributed by atoms with E-state index in [1.807, 2.05) is 24.8 Å². The summed E-state index contributed by atoms with van der Waals surface area (Å²) in [6.07, 6.45) is -1.37. The van der Waals surface area contributed by atoms with E-state index in [-0.39, 0.29) is 6.10 Å². The number of hydrogen-bond donors (Lipinski definition) is 0. The molecule has 1 aliphatic rings. The molecule has 1 saturated heterocycles. The number of hydrogen-bond acceptors (Lipinski definition) is 5. The molecule has 3 heterocycles. The zero-order valence-corrected chi connectivity index (χ0v) is 16.0. The van der Waals surface area contributed by atoms with Crippen molar-refractivity contribution in [3.63, 3.8) is 0 Å². The molecule has 1 aromatic carbocycles. The van der Waals surface area contributed by atoms with Crippen molar-refractivity contribution >= 4 is 5.82 Å². The number of anilines is 1. The average molecular weight is 403 g/mol. The molecule has 3 aromatic rings. The van der Waals surface area contributed by atoms with E-state index < -0.39 is 11.7 Å². The number of morpholine rings is 1. The van der Waals surface area contributed by atoms with Crippen LogP contribution in [-0.4, -0.2) is 39.4 Å². The number of benzene rings is 1. The van der Waals surface area contributed by atoms with E-state index in [0.717, 1.165) is 23.5 Å². The second-order valence-electron chi connectivity index (χ2n) is 7.00. The summed E-state index contributed by atoms with van der Waals surface area (Å²) >= 11 is 0. The van der Waals surface area contributed by atoms with Crippen LogP contribution in [0.4, 0.5) is 19.0 Å². The zero-order valence-electron chi connectivity index (χ0n) is 16.0. The fourth-order valence-corrected chi connectivity index (χ4v) is 3.41. The first-order chi connectivity index (χ1) is 13.8. The first-order valence-corrected chi connectivity index (χ1v) is 9.20. The molecule has 1 aliphatic heterocycles. The number of nitrogens with zero attached hydrogens (tertiary/aromatic N) is 5. The minimum atomic E-state index is -4.35. The normalized spacial score (nSPS) is 17.6. The van der Waals surface area contributed by atoms with Gasteiger partial charge in [-0.1, -0.05) is 12.1 Å². The minimum Gasteiger partial charge on any atom is -0.370 e. The van der Waals surface area contributed by atoms with Crippen molar-refractivity contribution in [3.8, 4) is 5.82 Å². The predicted octanol–water partition coefficient (Wildman–Crippen LogP) is 3.88. The number of rotatable bonds is 3. The molecule has 0 spiro atoms. The highest BCUT2D eigenvalue weighted by atomic mass is 19.4. The molecule has 0 amide bonds. The Balaban J connectivity index is 1.54. The van der Waals surface area contributed by atoms with E-state index in [1.54, 1.807) is 17.1 Å². The molecule has 0 bridgehead atoms. The maximum atomic E-state index is 12.8. The number of aromatic nitrogens is 4. The van der Waals surface area contributed by atoms with Crippen molar-refractivity contribution in [1.82, 2.24) is 19.7 Å². The van der Waals surface area contributed by atoms with Gasteiger partial charge in [-0.25, -0.2) is 9.67 Å². The standard InChI is InChI=1S/C20H20F3N5O/c1-13-9-14(2)28(26-13)19-11-24-10-18(25-19)27-7-8-29-17(12-27)15-3-5-16(6-4-15)20(21,22)23/h3-6,9-11,17H,7-8,12H2,1-2H3. The van der Waals surface area contributed by atoms with Gasteiger partial charge in [-0.3, -0.25) is 4.98 Å². The van der Waals surface area contributed by atoms with Gasteiger partial charge in [-0.2, -0.15) is 18.3 Å². The van der Waals surface area contributed by atoms with Gasteiger partial charge < -0.3 is 9.64 Å². The van der Waals surface area contributed by atoms with E-state index in [1.165, 1.54) is 12.1 Å². The molecule has 152 valence electrons. The van der Waals surface area contributed by atoms with Gasteiger partial charge in [-0.05, 0) is 37.6 Å². The maximum absolute atomic E-state index is 12.8. The van der Waals surface area contributed by atoms with Crippen molar-refractivity contribution < 1.29 is 17.9 Å². The second-order valence-corrected chi connectivity index (χ2v) is 7.00. The summed E-state index contributed by atoms with van der Waals surface area (Å²) in [5.74, 6) is 1.29. The summed E-state index contributed by atoms with van der Waals surface area (Å²) in [6, 6.07) is 7.06. The molecule has 29 heavy (non-hydrogen) atoms. The van der Waals surface area contributed by atoms with Crippen LogP contribution in [0.15, 0.2) is 42.7 Å². The summed E-state index contributed by atoms with van der Waals surface area (Å²) in [6.45, 7) is 5.39. The molecular formula is C20H20F3N5O. The summed E-state index contributed by atoms with van der Waals surface area (Å²) in [5.41, 5.74) is 1.88. The van der Waals surface area contributed by atoms with Gasteiger partial charge in [0.2, 0.25) is 0 Å². The Morgan fingerprint density at radius 3 is 2.45 bits per heavy atom. The highest BCUT2D eigenvalue weighted by Crippen LogP contribution is 2.31. The first-order valence-electron chi connectivity index (χ1n) is 9.20.